The van der Waals surface area contributed by atoms with Gasteiger partial charge in [-0.1, -0.05) is 0 Å². The predicted molar refractivity (Wildman–Crippen MR) is 57.5 cm³/mol. The first-order valence-electron chi connectivity index (χ1n) is 5.89. The summed E-state index contributed by atoms with van der Waals surface area (Å²) in [7, 11) is 2.19. The molecule has 0 saturated carbocycles. The summed E-state index contributed by atoms with van der Waals surface area (Å²) in [6.07, 6.45) is 5.96. The lowest BCUT2D eigenvalue weighted by Crippen LogP contribution is -2.41. The Morgan fingerprint density at radius 1 is 1.14 bits per heavy atom. The minimum absolute atomic E-state index is 0.497. The van der Waals surface area contributed by atoms with Gasteiger partial charge in [0.05, 0.1) is 12.2 Å². The highest BCUT2D eigenvalue weighted by atomic mass is 16.5. The fourth-order valence-corrected chi connectivity index (χ4v) is 2.43. The summed E-state index contributed by atoms with van der Waals surface area (Å²) in [6.45, 7) is 4.64. The quantitative estimate of drug-likeness (QED) is 0.712. The van der Waals surface area contributed by atoms with E-state index in [4.69, 9.17) is 4.74 Å². The van der Waals surface area contributed by atoms with Gasteiger partial charge in [0, 0.05) is 6.54 Å². The number of likely N-dealkylation sites (N-methyl/N-ethyl adjacent to an activating group) is 1. The van der Waals surface area contributed by atoms with Crippen LogP contribution >= 0.6 is 0 Å². The molecule has 2 saturated heterocycles. The second-order valence-electron chi connectivity index (χ2n) is 4.61. The molecule has 3 heteroatoms. The molecule has 82 valence electrons. The van der Waals surface area contributed by atoms with E-state index in [9.17, 15) is 0 Å². The van der Waals surface area contributed by atoms with Gasteiger partial charge >= 0.3 is 0 Å². The summed E-state index contributed by atoms with van der Waals surface area (Å²) in [5, 5.41) is 3.37. The average molecular weight is 198 g/mol. The molecule has 0 spiro atoms. The molecule has 2 heterocycles. The first-order valence-corrected chi connectivity index (χ1v) is 5.89. The largest absolute Gasteiger partial charge is 0.374 e. The normalized spacial score (nSPS) is 31.9. The van der Waals surface area contributed by atoms with Gasteiger partial charge in [-0.05, 0) is 52.4 Å². The maximum absolute atomic E-state index is 6.12. The lowest BCUT2D eigenvalue weighted by Gasteiger charge is -2.33. The van der Waals surface area contributed by atoms with Crippen molar-refractivity contribution in [2.45, 2.75) is 37.9 Å². The Bertz CT molecular complexity index is 169. The van der Waals surface area contributed by atoms with Gasteiger partial charge in [0.15, 0.2) is 0 Å². The molecule has 0 aromatic rings. The Labute approximate surface area is 86.8 Å². The SMILES string of the molecule is CN1CCC[C@H](OC2CCNCC2)C1. The van der Waals surface area contributed by atoms with E-state index in [0.29, 0.717) is 12.2 Å². The molecule has 1 N–H and O–H groups in total. The van der Waals surface area contributed by atoms with Gasteiger partial charge in [-0.15, -0.1) is 0 Å². The van der Waals surface area contributed by atoms with Crippen molar-refractivity contribution in [2.24, 2.45) is 0 Å². The second-order valence-corrected chi connectivity index (χ2v) is 4.61. The maximum Gasteiger partial charge on any atom is 0.0706 e. The molecule has 0 radical (unpaired) electrons. The Morgan fingerprint density at radius 3 is 2.64 bits per heavy atom. The van der Waals surface area contributed by atoms with E-state index >= 15 is 0 Å². The molecule has 2 aliphatic heterocycles. The van der Waals surface area contributed by atoms with Gasteiger partial charge in [-0.2, -0.15) is 0 Å². The average Bonchev–Trinajstić information content (AvgIpc) is 2.19. The molecule has 0 bridgehead atoms. The first kappa shape index (κ1) is 10.4. The molecular weight excluding hydrogens is 176 g/mol. The fraction of sp³-hybridized carbons (Fsp3) is 1.00. The Morgan fingerprint density at radius 2 is 1.93 bits per heavy atom. The zero-order valence-corrected chi connectivity index (χ0v) is 9.17. The molecule has 0 aliphatic carbocycles. The maximum atomic E-state index is 6.12. The van der Waals surface area contributed by atoms with Crippen molar-refractivity contribution in [1.29, 1.82) is 0 Å². The zero-order valence-electron chi connectivity index (χ0n) is 9.17. The van der Waals surface area contributed by atoms with Crippen molar-refractivity contribution in [3.8, 4) is 0 Å². The summed E-state index contributed by atoms with van der Waals surface area (Å²) in [5.41, 5.74) is 0. The molecule has 2 fully saturated rings. The van der Waals surface area contributed by atoms with E-state index in [2.05, 4.69) is 17.3 Å². The van der Waals surface area contributed by atoms with Crippen LogP contribution in [0.25, 0.3) is 0 Å². The number of rotatable bonds is 2. The van der Waals surface area contributed by atoms with E-state index < -0.39 is 0 Å². The van der Waals surface area contributed by atoms with Gasteiger partial charge < -0.3 is 15.0 Å². The smallest absolute Gasteiger partial charge is 0.0706 e. The first-order chi connectivity index (χ1) is 6.84. The molecule has 0 amide bonds. The van der Waals surface area contributed by atoms with Gasteiger partial charge in [-0.3, -0.25) is 0 Å². The van der Waals surface area contributed by atoms with E-state index in [-0.39, 0.29) is 0 Å². The van der Waals surface area contributed by atoms with E-state index in [1.165, 1.54) is 32.2 Å². The molecular formula is C11H22N2O. The number of hydrogen-bond donors (Lipinski definition) is 1. The van der Waals surface area contributed by atoms with Gasteiger partial charge in [0.25, 0.3) is 0 Å². The number of nitrogens with zero attached hydrogens (tertiary/aromatic N) is 1. The summed E-state index contributed by atoms with van der Waals surface area (Å²) in [6, 6.07) is 0. The predicted octanol–water partition coefficient (Wildman–Crippen LogP) is 0.849. The minimum Gasteiger partial charge on any atom is -0.374 e. The van der Waals surface area contributed by atoms with Crippen LogP contribution in [-0.2, 0) is 4.74 Å². The molecule has 0 aromatic carbocycles. The number of piperidine rings is 2. The Balaban J connectivity index is 1.72. The minimum atomic E-state index is 0.497. The van der Waals surface area contributed by atoms with Crippen molar-refractivity contribution >= 4 is 0 Å². The van der Waals surface area contributed by atoms with Crippen LogP contribution in [0.3, 0.4) is 0 Å². The highest BCUT2D eigenvalue weighted by Gasteiger charge is 2.22. The van der Waals surface area contributed by atoms with Gasteiger partial charge in [0.1, 0.15) is 0 Å². The van der Waals surface area contributed by atoms with Crippen molar-refractivity contribution < 1.29 is 4.74 Å². The van der Waals surface area contributed by atoms with Crippen LogP contribution in [0.2, 0.25) is 0 Å². The highest BCUT2D eigenvalue weighted by Crippen LogP contribution is 2.17. The molecule has 2 aliphatic rings. The third-order valence-corrected chi connectivity index (χ3v) is 3.25. The highest BCUT2D eigenvalue weighted by molar-refractivity contribution is 4.75. The van der Waals surface area contributed by atoms with Gasteiger partial charge in [0.2, 0.25) is 0 Å². The lowest BCUT2D eigenvalue weighted by atomic mass is 10.1. The van der Waals surface area contributed by atoms with Gasteiger partial charge in [-0.25, -0.2) is 0 Å². The molecule has 0 aromatic heterocycles. The molecule has 1 atom stereocenters. The number of nitrogens with one attached hydrogen (secondary N) is 1. The van der Waals surface area contributed by atoms with Crippen LogP contribution in [0, 0.1) is 0 Å². The summed E-state index contributed by atoms with van der Waals surface area (Å²) in [4.78, 5) is 2.38. The van der Waals surface area contributed by atoms with E-state index in [0.717, 1.165) is 19.6 Å². The Kier molecular flexibility index (Phi) is 3.79. The fourth-order valence-electron chi connectivity index (χ4n) is 2.43. The van der Waals surface area contributed by atoms with Crippen LogP contribution in [0.1, 0.15) is 25.7 Å². The van der Waals surface area contributed by atoms with Crippen molar-refractivity contribution in [3.05, 3.63) is 0 Å². The van der Waals surface area contributed by atoms with Crippen molar-refractivity contribution in [3.63, 3.8) is 0 Å². The number of hydrogen-bond acceptors (Lipinski definition) is 3. The number of ether oxygens (including phenoxy) is 1. The number of likely N-dealkylation sites (tertiary alicyclic amines) is 1. The summed E-state index contributed by atoms with van der Waals surface area (Å²) >= 11 is 0. The summed E-state index contributed by atoms with van der Waals surface area (Å²) < 4.78 is 6.12. The monoisotopic (exact) mass is 198 g/mol. The molecule has 0 unspecified atom stereocenters. The molecule has 3 nitrogen and oxygen atoms in total. The van der Waals surface area contributed by atoms with Crippen molar-refractivity contribution in [1.82, 2.24) is 10.2 Å². The van der Waals surface area contributed by atoms with Crippen LogP contribution in [-0.4, -0.2) is 50.3 Å². The lowest BCUT2D eigenvalue weighted by molar-refractivity contribution is -0.0541. The van der Waals surface area contributed by atoms with Crippen molar-refractivity contribution in [2.75, 3.05) is 33.2 Å². The second kappa shape index (κ2) is 5.10. The van der Waals surface area contributed by atoms with E-state index in [1.54, 1.807) is 0 Å². The van der Waals surface area contributed by atoms with Crippen LogP contribution in [0.5, 0.6) is 0 Å². The molecule has 2 rings (SSSR count). The van der Waals surface area contributed by atoms with Crippen LogP contribution in [0.4, 0.5) is 0 Å². The zero-order chi connectivity index (χ0) is 9.80. The van der Waals surface area contributed by atoms with Crippen LogP contribution < -0.4 is 5.32 Å². The van der Waals surface area contributed by atoms with E-state index in [1.807, 2.05) is 0 Å². The third-order valence-electron chi connectivity index (χ3n) is 3.25. The topological polar surface area (TPSA) is 24.5 Å². The molecule has 14 heavy (non-hydrogen) atoms. The summed E-state index contributed by atoms with van der Waals surface area (Å²) in [5.74, 6) is 0. The third kappa shape index (κ3) is 2.94. The standard InChI is InChI=1S/C11H22N2O/c1-13-8-2-3-11(9-13)14-10-4-6-12-7-5-10/h10-12H,2-9H2,1H3/t11-/m0/s1. The Hall–Kier alpha value is -0.120. The van der Waals surface area contributed by atoms with Crippen LogP contribution in [0.15, 0.2) is 0 Å².